The Morgan fingerprint density at radius 3 is 2.14 bits per heavy atom. The fraction of sp³-hybridized carbons (Fsp3) is 0.481. The van der Waals surface area contributed by atoms with E-state index < -0.39 is 21.6 Å². The van der Waals surface area contributed by atoms with Crippen molar-refractivity contribution in [2.24, 2.45) is 0 Å². The van der Waals surface area contributed by atoms with E-state index in [1.54, 1.807) is 36.3 Å². The number of nitrogens with zero attached hydrogens (tertiary/aromatic N) is 2. The average Bonchev–Trinajstić information content (AvgIpc) is 2.80. The topological polar surface area (TPSA) is 96.0 Å². The standard InChI is InChI=1S/C27H39N3O5S/c1-7-24(26(32)28-27(2,3)4)29(20-21-15-17-23(35-5)18-16-21)25(31)14-11-19-30(36(6,33)34)22-12-9-8-10-13-22/h8-10,12-13,15-18,24H,7,11,14,19-20H2,1-6H3,(H,28,32). The summed E-state index contributed by atoms with van der Waals surface area (Å²) in [7, 11) is -1.93. The van der Waals surface area contributed by atoms with Gasteiger partial charge in [0.1, 0.15) is 11.8 Å². The Labute approximate surface area is 215 Å². The van der Waals surface area contributed by atoms with E-state index in [0.717, 1.165) is 11.8 Å². The smallest absolute Gasteiger partial charge is 0.243 e. The van der Waals surface area contributed by atoms with Crippen molar-refractivity contribution in [1.82, 2.24) is 10.2 Å². The molecule has 2 amide bonds. The van der Waals surface area contributed by atoms with E-state index in [2.05, 4.69) is 5.32 Å². The molecule has 9 heteroatoms. The Balaban J connectivity index is 2.23. The van der Waals surface area contributed by atoms with E-state index in [1.165, 1.54) is 4.31 Å². The van der Waals surface area contributed by atoms with Crippen molar-refractivity contribution in [3.63, 3.8) is 0 Å². The van der Waals surface area contributed by atoms with Crippen molar-refractivity contribution < 1.29 is 22.7 Å². The SMILES string of the molecule is CCC(C(=O)NC(C)(C)C)N(Cc1ccc(OC)cc1)C(=O)CCCN(c1ccccc1)S(C)(=O)=O. The predicted molar refractivity (Wildman–Crippen MR) is 143 cm³/mol. The van der Waals surface area contributed by atoms with Gasteiger partial charge in [-0.1, -0.05) is 37.3 Å². The van der Waals surface area contributed by atoms with Gasteiger partial charge in [0.2, 0.25) is 21.8 Å². The molecule has 0 heterocycles. The van der Waals surface area contributed by atoms with Crippen LogP contribution in [0.15, 0.2) is 54.6 Å². The minimum atomic E-state index is -3.51. The lowest BCUT2D eigenvalue weighted by Gasteiger charge is -2.33. The molecule has 8 nitrogen and oxygen atoms in total. The van der Waals surface area contributed by atoms with Crippen LogP contribution < -0.4 is 14.4 Å². The number of ether oxygens (including phenoxy) is 1. The Bertz CT molecular complexity index is 1100. The van der Waals surface area contributed by atoms with E-state index in [1.807, 2.05) is 58.0 Å². The van der Waals surface area contributed by atoms with E-state index in [-0.39, 0.29) is 31.3 Å². The molecule has 2 aromatic carbocycles. The summed E-state index contributed by atoms with van der Waals surface area (Å²) >= 11 is 0. The molecule has 36 heavy (non-hydrogen) atoms. The van der Waals surface area contributed by atoms with Crippen molar-refractivity contribution in [1.29, 1.82) is 0 Å². The number of benzene rings is 2. The zero-order chi connectivity index (χ0) is 26.9. The molecular formula is C27H39N3O5S. The zero-order valence-corrected chi connectivity index (χ0v) is 23.0. The lowest BCUT2D eigenvalue weighted by atomic mass is 10.0. The molecule has 0 aliphatic carbocycles. The highest BCUT2D eigenvalue weighted by Gasteiger charge is 2.30. The van der Waals surface area contributed by atoms with Gasteiger partial charge in [0, 0.05) is 25.0 Å². The molecule has 0 aliphatic heterocycles. The lowest BCUT2D eigenvalue weighted by molar-refractivity contribution is -0.142. The highest BCUT2D eigenvalue weighted by Crippen LogP contribution is 2.20. The van der Waals surface area contributed by atoms with Crippen LogP contribution in [0.1, 0.15) is 52.5 Å². The Morgan fingerprint density at radius 2 is 1.64 bits per heavy atom. The number of nitrogens with one attached hydrogen (secondary N) is 1. The first-order chi connectivity index (χ1) is 16.9. The summed E-state index contributed by atoms with van der Waals surface area (Å²) in [5.74, 6) is 0.285. The molecule has 0 aliphatic rings. The first-order valence-corrected chi connectivity index (χ1v) is 14.0. The second kappa shape index (κ2) is 12.8. The number of methoxy groups -OCH3 is 1. The minimum absolute atomic E-state index is 0.105. The van der Waals surface area contributed by atoms with Gasteiger partial charge in [-0.15, -0.1) is 0 Å². The molecule has 1 unspecified atom stereocenters. The molecule has 0 saturated carbocycles. The summed E-state index contributed by atoms with van der Waals surface area (Å²) in [6.45, 7) is 8.00. The van der Waals surface area contributed by atoms with Crippen LogP contribution in [0.4, 0.5) is 5.69 Å². The van der Waals surface area contributed by atoms with Gasteiger partial charge in [0.15, 0.2) is 0 Å². The summed E-state index contributed by atoms with van der Waals surface area (Å²) in [6.07, 6.45) is 2.02. The van der Waals surface area contributed by atoms with Gasteiger partial charge >= 0.3 is 0 Å². The summed E-state index contributed by atoms with van der Waals surface area (Å²) in [5.41, 5.74) is 0.983. The highest BCUT2D eigenvalue weighted by molar-refractivity contribution is 7.92. The Hall–Kier alpha value is -3.07. The fourth-order valence-electron chi connectivity index (χ4n) is 3.90. The van der Waals surface area contributed by atoms with Crippen molar-refractivity contribution >= 4 is 27.5 Å². The lowest BCUT2D eigenvalue weighted by Crippen LogP contribution is -2.53. The third-order valence-corrected chi connectivity index (χ3v) is 6.79. The van der Waals surface area contributed by atoms with Gasteiger partial charge in [0.05, 0.1) is 19.1 Å². The number of carbonyl (C=O) groups excluding carboxylic acids is 2. The second-order valence-corrected chi connectivity index (χ2v) is 11.7. The number of hydrogen-bond acceptors (Lipinski definition) is 5. The summed E-state index contributed by atoms with van der Waals surface area (Å²) in [4.78, 5) is 28.2. The van der Waals surface area contributed by atoms with Gasteiger partial charge in [-0.05, 0) is 63.4 Å². The molecule has 198 valence electrons. The third-order valence-electron chi connectivity index (χ3n) is 5.59. The van der Waals surface area contributed by atoms with Crippen molar-refractivity contribution in [2.45, 2.75) is 65.1 Å². The van der Waals surface area contributed by atoms with Crippen LogP contribution in [0.3, 0.4) is 0 Å². The number of anilines is 1. The molecule has 0 aromatic heterocycles. The molecule has 0 fully saturated rings. The van der Waals surface area contributed by atoms with Gasteiger partial charge in [0.25, 0.3) is 0 Å². The first kappa shape index (κ1) is 29.2. The second-order valence-electron chi connectivity index (χ2n) is 9.81. The average molecular weight is 518 g/mol. The molecule has 0 radical (unpaired) electrons. The Kier molecular flexibility index (Phi) is 10.3. The highest BCUT2D eigenvalue weighted by atomic mass is 32.2. The molecule has 0 saturated heterocycles. The molecule has 1 atom stereocenters. The third kappa shape index (κ3) is 8.86. The van der Waals surface area contributed by atoms with Crippen LogP contribution in [0, 0.1) is 0 Å². The van der Waals surface area contributed by atoms with Gasteiger partial charge in [-0.25, -0.2) is 8.42 Å². The molecule has 2 aromatic rings. The number of sulfonamides is 1. The van der Waals surface area contributed by atoms with Crippen LogP contribution in [0.2, 0.25) is 0 Å². The number of carbonyl (C=O) groups is 2. The van der Waals surface area contributed by atoms with Gasteiger partial charge in [-0.2, -0.15) is 0 Å². The van der Waals surface area contributed by atoms with Crippen molar-refractivity contribution in [3.8, 4) is 5.75 Å². The number of hydrogen-bond donors (Lipinski definition) is 1. The maximum Gasteiger partial charge on any atom is 0.243 e. The Morgan fingerprint density at radius 1 is 1.03 bits per heavy atom. The van der Waals surface area contributed by atoms with E-state index >= 15 is 0 Å². The van der Waals surface area contributed by atoms with Crippen LogP contribution in [0.25, 0.3) is 0 Å². The van der Waals surface area contributed by atoms with Crippen molar-refractivity contribution in [3.05, 3.63) is 60.2 Å². The molecular weight excluding hydrogens is 478 g/mol. The first-order valence-electron chi connectivity index (χ1n) is 12.1. The quantitative estimate of drug-likeness (QED) is 0.460. The van der Waals surface area contributed by atoms with E-state index in [4.69, 9.17) is 4.74 Å². The fourth-order valence-corrected chi connectivity index (χ4v) is 4.86. The zero-order valence-electron chi connectivity index (χ0n) is 22.2. The molecule has 0 bridgehead atoms. The molecule has 1 N–H and O–H groups in total. The van der Waals surface area contributed by atoms with Gasteiger partial charge < -0.3 is 15.0 Å². The normalized spacial score (nSPS) is 12.5. The van der Waals surface area contributed by atoms with Crippen molar-refractivity contribution in [2.75, 3.05) is 24.2 Å². The summed E-state index contributed by atoms with van der Waals surface area (Å²) in [6, 6.07) is 15.5. The molecule has 0 spiro atoms. The van der Waals surface area contributed by atoms with Crippen LogP contribution in [-0.2, 0) is 26.2 Å². The van der Waals surface area contributed by atoms with E-state index in [9.17, 15) is 18.0 Å². The summed E-state index contributed by atoms with van der Waals surface area (Å²) in [5, 5.41) is 2.98. The number of para-hydroxylation sites is 1. The number of amides is 2. The van der Waals surface area contributed by atoms with Crippen LogP contribution >= 0.6 is 0 Å². The molecule has 2 rings (SSSR count). The number of rotatable bonds is 12. The van der Waals surface area contributed by atoms with E-state index in [0.29, 0.717) is 24.3 Å². The van der Waals surface area contributed by atoms with Gasteiger partial charge in [-0.3, -0.25) is 13.9 Å². The summed E-state index contributed by atoms with van der Waals surface area (Å²) < 4.78 is 31.3. The monoisotopic (exact) mass is 517 g/mol. The minimum Gasteiger partial charge on any atom is -0.497 e. The maximum absolute atomic E-state index is 13.5. The largest absolute Gasteiger partial charge is 0.497 e. The predicted octanol–water partition coefficient (Wildman–Crippen LogP) is 3.96. The van der Waals surface area contributed by atoms with Crippen LogP contribution in [-0.4, -0.2) is 56.6 Å². The maximum atomic E-state index is 13.5. The van der Waals surface area contributed by atoms with Crippen LogP contribution in [0.5, 0.6) is 5.75 Å².